The van der Waals surface area contributed by atoms with Gasteiger partial charge in [-0.2, -0.15) is 0 Å². The zero-order valence-electron chi connectivity index (χ0n) is 16.5. The zero-order chi connectivity index (χ0) is 21.0. The molecule has 5 nitrogen and oxygen atoms in total. The first-order valence-corrected chi connectivity index (χ1v) is 9.18. The molecule has 0 bridgehead atoms. The number of nitrogens with one attached hydrogen (secondary N) is 2. The van der Waals surface area contributed by atoms with Gasteiger partial charge in [-0.05, 0) is 41.3 Å². The lowest BCUT2D eigenvalue weighted by Gasteiger charge is -2.22. The van der Waals surface area contributed by atoms with Crippen LogP contribution in [0.2, 0.25) is 0 Å². The number of pyridine rings is 1. The van der Waals surface area contributed by atoms with Gasteiger partial charge in [0.25, 0.3) is 11.8 Å². The van der Waals surface area contributed by atoms with Gasteiger partial charge < -0.3 is 10.6 Å². The highest BCUT2D eigenvalue weighted by Crippen LogP contribution is 2.29. The van der Waals surface area contributed by atoms with Gasteiger partial charge in [-0.15, -0.1) is 0 Å². The topological polar surface area (TPSA) is 71.1 Å². The number of benzene rings is 2. The molecule has 0 radical (unpaired) electrons. The van der Waals surface area contributed by atoms with E-state index in [0.29, 0.717) is 5.69 Å². The van der Waals surface area contributed by atoms with Crippen LogP contribution in [0.15, 0.2) is 66.9 Å². The summed E-state index contributed by atoms with van der Waals surface area (Å²) in [4.78, 5) is 29.2. The van der Waals surface area contributed by atoms with Gasteiger partial charge in [-0.25, -0.2) is 4.39 Å². The van der Waals surface area contributed by atoms with E-state index in [1.165, 1.54) is 36.5 Å². The third-order valence-corrected chi connectivity index (χ3v) is 4.36. The third-order valence-electron chi connectivity index (χ3n) is 4.36. The van der Waals surface area contributed by atoms with Gasteiger partial charge in [0.05, 0.1) is 5.69 Å². The molecule has 6 heteroatoms. The Balaban J connectivity index is 1.80. The molecular formula is C23H22FN3O2. The molecule has 1 heterocycles. The average molecular weight is 391 g/mol. The molecule has 0 spiro atoms. The Labute approximate surface area is 169 Å². The quantitative estimate of drug-likeness (QED) is 0.656. The monoisotopic (exact) mass is 391 g/mol. The van der Waals surface area contributed by atoms with Crippen LogP contribution >= 0.6 is 0 Å². The molecule has 0 aliphatic rings. The maximum Gasteiger partial charge on any atom is 0.274 e. The SMILES string of the molecule is CC(C)(C)c1ccccc1NC(=O)c1cc(C(=O)Nc2ccccc2F)ccn1. The molecule has 0 atom stereocenters. The van der Waals surface area contributed by atoms with E-state index in [1.54, 1.807) is 6.07 Å². The van der Waals surface area contributed by atoms with Crippen LogP contribution in [0, 0.1) is 5.82 Å². The fraction of sp³-hybridized carbons (Fsp3) is 0.174. The van der Waals surface area contributed by atoms with Crippen LogP contribution < -0.4 is 10.6 Å². The lowest BCUT2D eigenvalue weighted by molar-refractivity contribution is 0.102. The normalized spacial score (nSPS) is 11.0. The maximum absolute atomic E-state index is 13.8. The van der Waals surface area contributed by atoms with E-state index in [1.807, 2.05) is 24.3 Å². The van der Waals surface area contributed by atoms with E-state index in [9.17, 15) is 14.0 Å². The summed E-state index contributed by atoms with van der Waals surface area (Å²) < 4.78 is 13.8. The molecule has 0 saturated heterocycles. The van der Waals surface area contributed by atoms with Gasteiger partial charge in [-0.3, -0.25) is 14.6 Å². The highest BCUT2D eigenvalue weighted by Gasteiger charge is 2.20. The van der Waals surface area contributed by atoms with Crippen LogP contribution in [-0.2, 0) is 5.41 Å². The number of amides is 2. The Bertz CT molecular complexity index is 1060. The largest absolute Gasteiger partial charge is 0.320 e. The highest BCUT2D eigenvalue weighted by atomic mass is 19.1. The first-order valence-electron chi connectivity index (χ1n) is 9.18. The van der Waals surface area contributed by atoms with Crippen molar-refractivity contribution >= 4 is 23.2 Å². The van der Waals surface area contributed by atoms with E-state index in [-0.39, 0.29) is 22.4 Å². The van der Waals surface area contributed by atoms with Crippen molar-refractivity contribution in [3.8, 4) is 0 Å². The van der Waals surface area contributed by atoms with Gasteiger partial charge in [-0.1, -0.05) is 51.1 Å². The number of carbonyl (C=O) groups is 2. The first kappa shape index (κ1) is 20.2. The van der Waals surface area contributed by atoms with Crippen molar-refractivity contribution in [3.63, 3.8) is 0 Å². The molecular weight excluding hydrogens is 369 g/mol. The molecule has 0 aliphatic heterocycles. The summed E-state index contributed by atoms with van der Waals surface area (Å²) in [5.74, 6) is -1.49. The number of hydrogen-bond acceptors (Lipinski definition) is 3. The summed E-state index contributed by atoms with van der Waals surface area (Å²) in [5, 5.41) is 5.36. The Morgan fingerprint density at radius 1 is 0.862 bits per heavy atom. The van der Waals surface area contributed by atoms with Crippen molar-refractivity contribution in [1.29, 1.82) is 0 Å². The molecule has 0 saturated carbocycles. The van der Waals surface area contributed by atoms with Crippen molar-refractivity contribution in [2.24, 2.45) is 0 Å². The molecule has 29 heavy (non-hydrogen) atoms. The number of para-hydroxylation sites is 2. The second-order valence-electron chi connectivity index (χ2n) is 7.61. The molecule has 2 aromatic carbocycles. The Morgan fingerprint density at radius 3 is 2.17 bits per heavy atom. The van der Waals surface area contributed by atoms with Gasteiger partial charge in [0.1, 0.15) is 11.5 Å². The molecule has 2 amide bonds. The van der Waals surface area contributed by atoms with Gasteiger partial charge in [0.2, 0.25) is 0 Å². The fourth-order valence-electron chi connectivity index (χ4n) is 2.89. The lowest BCUT2D eigenvalue weighted by Crippen LogP contribution is -2.20. The van der Waals surface area contributed by atoms with Crippen LogP contribution in [0.3, 0.4) is 0 Å². The van der Waals surface area contributed by atoms with E-state index in [2.05, 4.69) is 36.4 Å². The number of anilines is 2. The van der Waals surface area contributed by atoms with E-state index in [0.717, 1.165) is 5.56 Å². The minimum atomic E-state index is -0.536. The highest BCUT2D eigenvalue weighted by molar-refractivity contribution is 6.08. The minimum absolute atomic E-state index is 0.0689. The Morgan fingerprint density at radius 2 is 1.48 bits per heavy atom. The van der Waals surface area contributed by atoms with Crippen LogP contribution in [-0.4, -0.2) is 16.8 Å². The van der Waals surface area contributed by atoms with E-state index < -0.39 is 17.6 Å². The Kier molecular flexibility index (Phi) is 5.73. The third kappa shape index (κ3) is 4.85. The van der Waals surface area contributed by atoms with Gasteiger partial charge in [0.15, 0.2) is 0 Å². The first-order chi connectivity index (χ1) is 13.8. The number of rotatable bonds is 4. The van der Waals surface area contributed by atoms with Crippen molar-refractivity contribution in [2.45, 2.75) is 26.2 Å². The molecule has 3 rings (SSSR count). The summed E-state index contributed by atoms with van der Waals surface area (Å²) in [6.45, 7) is 6.18. The lowest BCUT2D eigenvalue weighted by atomic mass is 9.86. The minimum Gasteiger partial charge on any atom is -0.320 e. The van der Waals surface area contributed by atoms with Crippen LogP contribution in [0.1, 0.15) is 47.2 Å². The standard InChI is InChI=1S/C23H22FN3O2/c1-23(2,3)16-8-4-6-10-18(16)26-22(29)20-14-15(12-13-25-20)21(28)27-19-11-7-5-9-17(19)24/h4-14H,1-3H3,(H,26,29)(H,27,28). The Hall–Kier alpha value is -3.54. The predicted octanol–water partition coefficient (Wildman–Crippen LogP) is 5.02. The van der Waals surface area contributed by atoms with Gasteiger partial charge in [0, 0.05) is 17.4 Å². The average Bonchev–Trinajstić information content (AvgIpc) is 2.69. The summed E-state index contributed by atoms with van der Waals surface area (Å²) in [5.41, 5.74) is 1.89. The number of halogens is 1. The molecule has 0 unspecified atom stereocenters. The number of nitrogens with zero attached hydrogens (tertiary/aromatic N) is 1. The van der Waals surface area contributed by atoms with Crippen LogP contribution in [0.5, 0.6) is 0 Å². The summed E-state index contributed by atoms with van der Waals surface area (Å²) in [6.07, 6.45) is 1.38. The molecule has 2 N–H and O–H groups in total. The number of carbonyl (C=O) groups excluding carboxylic acids is 2. The van der Waals surface area contributed by atoms with Crippen molar-refractivity contribution in [2.75, 3.05) is 10.6 Å². The molecule has 0 aliphatic carbocycles. The molecule has 148 valence electrons. The number of aromatic nitrogens is 1. The molecule has 3 aromatic rings. The van der Waals surface area contributed by atoms with E-state index in [4.69, 9.17) is 0 Å². The second kappa shape index (κ2) is 8.22. The van der Waals surface area contributed by atoms with Crippen molar-refractivity contribution < 1.29 is 14.0 Å². The van der Waals surface area contributed by atoms with Crippen molar-refractivity contribution in [3.05, 3.63) is 89.5 Å². The fourth-order valence-corrected chi connectivity index (χ4v) is 2.89. The zero-order valence-corrected chi connectivity index (χ0v) is 16.5. The number of hydrogen-bond donors (Lipinski definition) is 2. The summed E-state index contributed by atoms with van der Waals surface area (Å²) in [7, 11) is 0. The van der Waals surface area contributed by atoms with Crippen LogP contribution in [0.4, 0.5) is 15.8 Å². The smallest absolute Gasteiger partial charge is 0.274 e. The van der Waals surface area contributed by atoms with E-state index >= 15 is 0 Å². The molecule has 1 aromatic heterocycles. The van der Waals surface area contributed by atoms with Crippen molar-refractivity contribution in [1.82, 2.24) is 4.98 Å². The maximum atomic E-state index is 13.8. The predicted molar refractivity (Wildman–Crippen MR) is 112 cm³/mol. The summed E-state index contributed by atoms with van der Waals surface area (Å²) >= 11 is 0. The summed E-state index contributed by atoms with van der Waals surface area (Å²) in [6, 6.07) is 16.3. The van der Waals surface area contributed by atoms with Gasteiger partial charge >= 0.3 is 0 Å². The molecule has 0 fully saturated rings. The van der Waals surface area contributed by atoms with Crippen LogP contribution in [0.25, 0.3) is 0 Å². The second-order valence-corrected chi connectivity index (χ2v) is 7.61.